The number of esters is 1. The van der Waals surface area contributed by atoms with Crippen LogP contribution in [0.15, 0.2) is 46.9 Å². The van der Waals surface area contributed by atoms with Crippen LogP contribution in [0.1, 0.15) is 17.5 Å². The SMILES string of the molecule is Cc1ccc(C)c(N2C[C@@H](C(=O)Oc3ccc(Br)cc3)CC2=O)c1. The largest absolute Gasteiger partial charge is 0.426 e. The second kappa shape index (κ2) is 6.77. The lowest BCUT2D eigenvalue weighted by Crippen LogP contribution is -2.27. The summed E-state index contributed by atoms with van der Waals surface area (Å²) < 4.78 is 6.32. The van der Waals surface area contributed by atoms with E-state index < -0.39 is 5.92 Å². The highest BCUT2D eigenvalue weighted by atomic mass is 79.9. The molecule has 2 aromatic carbocycles. The molecule has 1 amide bonds. The first-order chi connectivity index (χ1) is 11.4. The molecule has 0 aliphatic carbocycles. The van der Waals surface area contributed by atoms with Crippen molar-refractivity contribution in [1.82, 2.24) is 0 Å². The monoisotopic (exact) mass is 387 g/mol. The summed E-state index contributed by atoms with van der Waals surface area (Å²) in [7, 11) is 0. The van der Waals surface area contributed by atoms with E-state index in [1.54, 1.807) is 17.0 Å². The second-order valence-corrected chi connectivity index (χ2v) is 6.99. The van der Waals surface area contributed by atoms with Gasteiger partial charge in [-0.3, -0.25) is 9.59 Å². The first-order valence-electron chi connectivity index (χ1n) is 7.79. The molecule has 4 nitrogen and oxygen atoms in total. The van der Waals surface area contributed by atoms with Crippen molar-refractivity contribution in [3.8, 4) is 5.75 Å². The molecule has 0 radical (unpaired) electrons. The highest BCUT2D eigenvalue weighted by Crippen LogP contribution is 2.29. The molecule has 24 heavy (non-hydrogen) atoms. The lowest BCUT2D eigenvalue weighted by Gasteiger charge is -2.19. The molecule has 0 aromatic heterocycles. The Morgan fingerprint density at radius 2 is 1.88 bits per heavy atom. The zero-order chi connectivity index (χ0) is 17.3. The molecule has 0 bridgehead atoms. The van der Waals surface area contributed by atoms with Crippen molar-refractivity contribution >= 4 is 33.5 Å². The highest BCUT2D eigenvalue weighted by Gasteiger charge is 2.36. The van der Waals surface area contributed by atoms with E-state index in [9.17, 15) is 9.59 Å². The smallest absolute Gasteiger partial charge is 0.316 e. The normalized spacial score (nSPS) is 17.2. The van der Waals surface area contributed by atoms with Gasteiger partial charge in [0, 0.05) is 23.1 Å². The Hall–Kier alpha value is -2.14. The molecule has 1 atom stereocenters. The number of hydrogen-bond acceptors (Lipinski definition) is 3. The third-order valence-electron chi connectivity index (χ3n) is 4.15. The lowest BCUT2D eigenvalue weighted by molar-refractivity contribution is -0.139. The predicted octanol–water partition coefficient (Wildman–Crippen LogP) is 4.02. The van der Waals surface area contributed by atoms with Crippen molar-refractivity contribution in [3.05, 3.63) is 58.1 Å². The first kappa shape index (κ1) is 16.7. The fourth-order valence-corrected chi connectivity index (χ4v) is 3.07. The molecule has 0 unspecified atom stereocenters. The van der Waals surface area contributed by atoms with Gasteiger partial charge < -0.3 is 9.64 Å². The van der Waals surface area contributed by atoms with Crippen LogP contribution in [0.3, 0.4) is 0 Å². The van der Waals surface area contributed by atoms with E-state index in [-0.39, 0.29) is 18.3 Å². The fourth-order valence-electron chi connectivity index (χ4n) is 2.81. The summed E-state index contributed by atoms with van der Waals surface area (Å²) in [6.45, 7) is 4.32. The number of ether oxygens (including phenoxy) is 1. The van der Waals surface area contributed by atoms with Gasteiger partial charge in [-0.05, 0) is 55.3 Å². The minimum absolute atomic E-state index is 0.0403. The molecule has 1 saturated heterocycles. The van der Waals surface area contributed by atoms with Gasteiger partial charge in [-0.25, -0.2) is 0 Å². The number of anilines is 1. The number of hydrogen-bond donors (Lipinski definition) is 0. The molecule has 0 spiro atoms. The second-order valence-electron chi connectivity index (χ2n) is 6.07. The number of nitrogens with zero attached hydrogens (tertiary/aromatic N) is 1. The van der Waals surface area contributed by atoms with Crippen LogP contribution in [0, 0.1) is 19.8 Å². The molecular formula is C19H18BrNO3. The van der Waals surface area contributed by atoms with Gasteiger partial charge in [-0.2, -0.15) is 0 Å². The molecule has 0 N–H and O–H groups in total. The van der Waals surface area contributed by atoms with E-state index in [0.29, 0.717) is 12.3 Å². The average molecular weight is 388 g/mol. The Labute approximate surface area is 149 Å². The zero-order valence-corrected chi connectivity index (χ0v) is 15.2. The third kappa shape index (κ3) is 3.51. The Morgan fingerprint density at radius 3 is 2.58 bits per heavy atom. The minimum Gasteiger partial charge on any atom is -0.426 e. The van der Waals surface area contributed by atoms with Gasteiger partial charge in [0.15, 0.2) is 0 Å². The highest BCUT2D eigenvalue weighted by molar-refractivity contribution is 9.10. The molecule has 0 saturated carbocycles. The maximum Gasteiger partial charge on any atom is 0.316 e. The van der Waals surface area contributed by atoms with Crippen molar-refractivity contribution in [3.63, 3.8) is 0 Å². The number of carbonyl (C=O) groups excluding carboxylic acids is 2. The van der Waals surface area contributed by atoms with Crippen molar-refractivity contribution in [2.75, 3.05) is 11.4 Å². The number of aryl methyl sites for hydroxylation is 2. The lowest BCUT2D eigenvalue weighted by atomic mass is 10.1. The number of amides is 1. The summed E-state index contributed by atoms with van der Waals surface area (Å²) in [5.74, 6) is -0.359. The molecule has 1 heterocycles. The topological polar surface area (TPSA) is 46.6 Å². The number of carbonyl (C=O) groups is 2. The molecule has 124 valence electrons. The van der Waals surface area contributed by atoms with Crippen LogP contribution in [-0.2, 0) is 9.59 Å². The summed E-state index contributed by atoms with van der Waals surface area (Å²) in [4.78, 5) is 26.4. The number of halogens is 1. The maximum atomic E-state index is 12.4. The fraction of sp³-hybridized carbons (Fsp3) is 0.263. The van der Waals surface area contributed by atoms with Gasteiger partial charge in [0.25, 0.3) is 0 Å². The van der Waals surface area contributed by atoms with Crippen LogP contribution < -0.4 is 9.64 Å². The van der Waals surface area contributed by atoms with E-state index in [1.807, 2.05) is 44.2 Å². The van der Waals surface area contributed by atoms with Gasteiger partial charge in [0.05, 0.1) is 5.92 Å². The van der Waals surface area contributed by atoms with Crippen molar-refractivity contribution < 1.29 is 14.3 Å². The Morgan fingerprint density at radius 1 is 1.17 bits per heavy atom. The maximum absolute atomic E-state index is 12.4. The van der Waals surface area contributed by atoms with Gasteiger partial charge >= 0.3 is 5.97 Å². The van der Waals surface area contributed by atoms with E-state index >= 15 is 0 Å². The number of rotatable bonds is 3. The molecule has 3 rings (SSSR count). The molecular weight excluding hydrogens is 370 g/mol. The molecule has 1 aliphatic rings. The number of benzene rings is 2. The van der Waals surface area contributed by atoms with Gasteiger partial charge in [-0.15, -0.1) is 0 Å². The van der Waals surface area contributed by atoms with Crippen LogP contribution >= 0.6 is 15.9 Å². The van der Waals surface area contributed by atoms with Crippen molar-refractivity contribution in [2.45, 2.75) is 20.3 Å². The van der Waals surface area contributed by atoms with E-state index in [1.165, 1.54) is 0 Å². The minimum atomic E-state index is -0.443. The van der Waals surface area contributed by atoms with Gasteiger partial charge in [0.1, 0.15) is 5.75 Å². The quantitative estimate of drug-likeness (QED) is 0.589. The molecule has 5 heteroatoms. The molecule has 2 aromatic rings. The summed E-state index contributed by atoms with van der Waals surface area (Å²) in [5, 5.41) is 0. The third-order valence-corrected chi connectivity index (χ3v) is 4.67. The molecule has 1 fully saturated rings. The van der Waals surface area contributed by atoms with E-state index in [0.717, 1.165) is 21.3 Å². The Kier molecular flexibility index (Phi) is 4.71. The zero-order valence-electron chi connectivity index (χ0n) is 13.6. The van der Waals surface area contributed by atoms with Crippen LogP contribution in [0.2, 0.25) is 0 Å². The van der Waals surface area contributed by atoms with E-state index in [4.69, 9.17) is 4.74 Å². The van der Waals surface area contributed by atoms with Crippen molar-refractivity contribution in [1.29, 1.82) is 0 Å². The van der Waals surface area contributed by atoms with Crippen LogP contribution in [0.5, 0.6) is 5.75 Å². The Bertz CT molecular complexity index is 786. The molecule has 1 aliphatic heterocycles. The first-order valence-corrected chi connectivity index (χ1v) is 8.58. The van der Waals surface area contributed by atoms with Gasteiger partial charge in [-0.1, -0.05) is 28.1 Å². The summed E-state index contributed by atoms with van der Waals surface area (Å²) in [5.41, 5.74) is 2.99. The summed E-state index contributed by atoms with van der Waals surface area (Å²) in [6, 6.07) is 13.1. The average Bonchev–Trinajstić information content (AvgIpc) is 2.94. The standard InChI is InChI=1S/C19H18BrNO3/c1-12-3-4-13(2)17(9-12)21-11-14(10-18(21)22)19(23)24-16-7-5-15(20)6-8-16/h3-9,14H,10-11H2,1-2H3/t14-/m0/s1. The van der Waals surface area contributed by atoms with Crippen molar-refractivity contribution in [2.24, 2.45) is 5.92 Å². The summed E-state index contributed by atoms with van der Waals surface area (Å²) in [6.07, 6.45) is 0.183. The predicted molar refractivity (Wildman–Crippen MR) is 96.2 cm³/mol. The van der Waals surface area contributed by atoms with Crippen LogP contribution in [-0.4, -0.2) is 18.4 Å². The van der Waals surface area contributed by atoms with Gasteiger partial charge in [0.2, 0.25) is 5.91 Å². The van der Waals surface area contributed by atoms with Crippen LogP contribution in [0.4, 0.5) is 5.69 Å². The summed E-state index contributed by atoms with van der Waals surface area (Å²) >= 11 is 3.34. The van der Waals surface area contributed by atoms with Crippen LogP contribution in [0.25, 0.3) is 0 Å². The van der Waals surface area contributed by atoms with E-state index in [2.05, 4.69) is 15.9 Å². The Balaban J connectivity index is 1.73.